The Kier molecular flexibility index (Phi) is 9.52. The number of carbonyl (C=O) groups is 1. The summed E-state index contributed by atoms with van der Waals surface area (Å²) < 4.78 is 25.8. The number of hydrogen-bond acceptors (Lipinski definition) is 7. The summed E-state index contributed by atoms with van der Waals surface area (Å²) in [6.45, 7) is 7.87. The molecule has 2 aromatic rings. The maximum absolute atomic E-state index is 13.4. The number of piperidine rings is 2. The van der Waals surface area contributed by atoms with Crippen LogP contribution in [-0.2, 0) is 16.6 Å². The first-order valence-electron chi connectivity index (χ1n) is 13.1. The smallest absolute Gasteiger partial charge is 0.272 e. The van der Waals surface area contributed by atoms with Crippen molar-refractivity contribution in [1.82, 2.24) is 24.1 Å². The van der Waals surface area contributed by atoms with Crippen LogP contribution in [0.3, 0.4) is 0 Å². The molecule has 1 aromatic heterocycles. The van der Waals surface area contributed by atoms with Crippen molar-refractivity contribution in [1.29, 1.82) is 0 Å². The van der Waals surface area contributed by atoms with E-state index in [0.29, 0.717) is 59.3 Å². The van der Waals surface area contributed by atoms with Crippen LogP contribution in [0.4, 0.5) is 5.82 Å². The van der Waals surface area contributed by atoms with Crippen molar-refractivity contribution in [3.8, 4) is 0 Å². The van der Waals surface area contributed by atoms with Crippen molar-refractivity contribution in [2.24, 2.45) is 0 Å². The van der Waals surface area contributed by atoms with Gasteiger partial charge < -0.3 is 15.1 Å². The number of rotatable bonds is 8. The molecule has 0 saturated carbocycles. The predicted molar refractivity (Wildman–Crippen MR) is 151 cm³/mol. The Morgan fingerprint density at radius 3 is 2.37 bits per heavy atom. The first-order valence-corrected chi connectivity index (χ1v) is 15.7. The molecule has 0 spiro atoms. The van der Waals surface area contributed by atoms with E-state index in [-0.39, 0.29) is 11.9 Å². The maximum Gasteiger partial charge on any atom is 0.272 e. The first-order chi connectivity index (χ1) is 18.1. The average Bonchev–Trinajstić information content (AvgIpc) is 2.90. The summed E-state index contributed by atoms with van der Waals surface area (Å²) in [5, 5.41) is 4.27. The number of nitrogens with one attached hydrogen (secondary N) is 1. The largest absolute Gasteiger partial charge is 0.366 e. The highest BCUT2D eigenvalue weighted by Gasteiger charge is 2.34. The molecule has 0 aliphatic carbocycles. The molecule has 9 nitrogen and oxygen atoms in total. The van der Waals surface area contributed by atoms with Gasteiger partial charge in [0, 0.05) is 43.8 Å². The van der Waals surface area contributed by atoms with Crippen molar-refractivity contribution >= 4 is 45.0 Å². The molecule has 3 heterocycles. The highest BCUT2D eigenvalue weighted by Crippen LogP contribution is 2.26. The van der Waals surface area contributed by atoms with Gasteiger partial charge in [-0.2, -0.15) is 4.31 Å². The number of aromatic nitrogens is 2. The van der Waals surface area contributed by atoms with E-state index < -0.39 is 10.0 Å². The summed E-state index contributed by atoms with van der Waals surface area (Å²) in [6, 6.07) is 5.93. The topological polar surface area (TPSA) is 98.7 Å². The second-order valence-electron chi connectivity index (χ2n) is 10.1. The Bertz CT molecular complexity index is 1250. The molecular formula is C26H36Cl2N6O3S. The van der Waals surface area contributed by atoms with Crippen LogP contribution in [0.2, 0.25) is 10.0 Å². The van der Waals surface area contributed by atoms with Crippen LogP contribution in [0.15, 0.2) is 24.5 Å². The summed E-state index contributed by atoms with van der Waals surface area (Å²) in [6.07, 6.45) is 6.20. The van der Waals surface area contributed by atoms with Crippen molar-refractivity contribution < 1.29 is 13.2 Å². The normalized spacial score (nSPS) is 18.2. The van der Waals surface area contributed by atoms with Gasteiger partial charge >= 0.3 is 0 Å². The highest BCUT2D eigenvalue weighted by atomic mass is 35.5. The molecule has 0 bridgehead atoms. The van der Waals surface area contributed by atoms with Crippen LogP contribution >= 0.6 is 23.2 Å². The number of amides is 1. The van der Waals surface area contributed by atoms with Crippen LogP contribution in [0.1, 0.15) is 54.2 Å². The van der Waals surface area contributed by atoms with Gasteiger partial charge in [-0.3, -0.25) is 4.79 Å². The van der Waals surface area contributed by atoms with Crippen LogP contribution in [0.25, 0.3) is 0 Å². The molecule has 2 aliphatic heterocycles. The number of halogens is 2. The lowest BCUT2D eigenvalue weighted by Crippen LogP contribution is -2.52. The molecule has 2 fully saturated rings. The Labute approximate surface area is 235 Å². The van der Waals surface area contributed by atoms with Gasteiger partial charge in [0.2, 0.25) is 10.0 Å². The standard InChI is InChI=1S/C26H36Cl2N6O3S/c1-4-34(38(3,36)37)21-9-11-32(12-10-21)20-7-13-33(14-8-20)26(35)24-18(2)25(31-17-30-24)29-16-19-5-6-22(27)23(28)15-19/h5-6,15,17,20-21H,4,7-14,16H2,1-3H3,(H,29,30,31). The molecule has 0 radical (unpaired) electrons. The van der Waals surface area contributed by atoms with Gasteiger partial charge in [0.1, 0.15) is 17.8 Å². The molecular weight excluding hydrogens is 547 g/mol. The minimum atomic E-state index is -3.18. The number of likely N-dealkylation sites (tertiary alicyclic amines) is 2. The van der Waals surface area contributed by atoms with Crippen LogP contribution in [0.5, 0.6) is 0 Å². The number of hydrogen-bond donors (Lipinski definition) is 1. The first kappa shape index (κ1) is 29.0. The molecule has 0 atom stereocenters. The highest BCUT2D eigenvalue weighted by molar-refractivity contribution is 7.88. The van der Waals surface area contributed by atoms with E-state index in [4.69, 9.17) is 23.2 Å². The molecule has 2 aliphatic rings. The summed E-state index contributed by atoms with van der Waals surface area (Å²) in [7, 11) is -3.18. The third-order valence-electron chi connectivity index (χ3n) is 7.64. The van der Waals surface area contributed by atoms with E-state index in [0.717, 1.165) is 44.3 Å². The van der Waals surface area contributed by atoms with E-state index in [1.165, 1.54) is 12.6 Å². The van der Waals surface area contributed by atoms with Gasteiger partial charge in [-0.15, -0.1) is 0 Å². The lowest BCUT2D eigenvalue weighted by molar-refractivity contribution is 0.0536. The Morgan fingerprint density at radius 1 is 1.08 bits per heavy atom. The zero-order valence-electron chi connectivity index (χ0n) is 22.2. The van der Waals surface area contributed by atoms with Gasteiger partial charge in [-0.05, 0) is 63.4 Å². The number of benzene rings is 1. The summed E-state index contributed by atoms with van der Waals surface area (Å²) in [5.41, 5.74) is 2.08. The molecule has 38 heavy (non-hydrogen) atoms. The third-order valence-corrected chi connectivity index (χ3v) is 9.79. The second-order valence-corrected chi connectivity index (χ2v) is 12.8. The van der Waals surface area contributed by atoms with Crippen LogP contribution < -0.4 is 5.32 Å². The van der Waals surface area contributed by atoms with Crippen molar-refractivity contribution in [2.75, 3.05) is 44.3 Å². The second kappa shape index (κ2) is 12.5. The molecule has 0 unspecified atom stereocenters. The minimum Gasteiger partial charge on any atom is -0.366 e. The number of anilines is 1. The van der Waals surface area contributed by atoms with E-state index in [1.54, 1.807) is 16.4 Å². The molecule has 12 heteroatoms. The predicted octanol–water partition coefficient (Wildman–Crippen LogP) is 4.05. The summed E-state index contributed by atoms with van der Waals surface area (Å²) in [5.74, 6) is 0.536. The van der Waals surface area contributed by atoms with E-state index >= 15 is 0 Å². The molecule has 4 rings (SSSR count). The zero-order chi connectivity index (χ0) is 27.4. The van der Waals surface area contributed by atoms with Gasteiger partial charge in [-0.25, -0.2) is 18.4 Å². The number of carbonyl (C=O) groups excluding carboxylic acids is 1. The van der Waals surface area contributed by atoms with Crippen LogP contribution in [-0.4, -0.2) is 89.5 Å². The average molecular weight is 584 g/mol. The summed E-state index contributed by atoms with van der Waals surface area (Å²) in [4.78, 5) is 26.3. The fourth-order valence-electron chi connectivity index (χ4n) is 5.57. The number of sulfonamides is 1. The van der Waals surface area contributed by atoms with Crippen molar-refractivity contribution in [3.05, 3.63) is 51.4 Å². The lowest BCUT2D eigenvalue weighted by Gasteiger charge is -2.43. The fourth-order valence-corrected chi connectivity index (χ4v) is 7.11. The molecule has 1 N–H and O–H groups in total. The third kappa shape index (κ3) is 6.77. The molecule has 208 valence electrons. The fraction of sp³-hybridized carbons (Fsp3) is 0.577. The van der Waals surface area contributed by atoms with Crippen LogP contribution in [0, 0.1) is 6.92 Å². The number of nitrogens with zero attached hydrogens (tertiary/aromatic N) is 5. The van der Waals surface area contributed by atoms with Gasteiger partial charge in [-0.1, -0.05) is 36.2 Å². The van der Waals surface area contributed by atoms with Gasteiger partial charge in [0.05, 0.1) is 16.3 Å². The summed E-state index contributed by atoms with van der Waals surface area (Å²) >= 11 is 12.1. The Hall–Kier alpha value is -1.98. The Morgan fingerprint density at radius 2 is 1.76 bits per heavy atom. The molecule has 2 saturated heterocycles. The SMILES string of the molecule is CCN(C1CCN(C2CCN(C(=O)c3ncnc(NCc4ccc(Cl)c(Cl)c4)c3C)CC2)CC1)S(C)(=O)=O. The van der Waals surface area contributed by atoms with E-state index in [9.17, 15) is 13.2 Å². The Balaban J connectivity index is 1.31. The zero-order valence-corrected chi connectivity index (χ0v) is 24.5. The van der Waals surface area contributed by atoms with Crippen molar-refractivity contribution in [2.45, 2.75) is 58.2 Å². The van der Waals surface area contributed by atoms with Gasteiger partial charge in [0.15, 0.2) is 0 Å². The van der Waals surface area contributed by atoms with E-state index in [2.05, 4.69) is 20.2 Å². The monoisotopic (exact) mass is 582 g/mol. The minimum absolute atomic E-state index is 0.0770. The molecule has 1 aromatic carbocycles. The maximum atomic E-state index is 13.4. The lowest BCUT2D eigenvalue weighted by atomic mass is 9.97. The quantitative estimate of drug-likeness (QED) is 0.501. The van der Waals surface area contributed by atoms with E-state index in [1.807, 2.05) is 24.8 Å². The molecule has 1 amide bonds. The van der Waals surface area contributed by atoms with Gasteiger partial charge in [0.25, 0.3) is 5.91 Å². The van der Waals surface area contributed by atoms with Crippen molar-refractivity contribution in [3.63, 3.8) is 0 Å².